The SMILES string of the molecule is COc1cc(C)c(S(=O)(=O)NC2(CO)CC2)cc1OC. The molecule has 0 heterocycles. The van der Waals surface area contributed by atoms with E-state index in [2.05, 4.69) is 4.72 Å². The number of hydrogen-bond donors (Lipinski definition) is 2. The number of nitrogens with one attached hydrogen (secondary N) is 1. The van der Waals surface area contributed by atoms with Gasteiger partial charge in [-0.15, -0.1) is 0 Å². The molecule has 0 unspecified atom stereocenters. The van der Waals surface area contributed by atoms with E-state index in [1.165, 1.54) is 20.3 Å². The number of aliphatic hydroxyl groups excluding tert-OH is 1. The van der Waals surface area contributed by atoms with Crippen LogP contribution in [0.1, 0.15) is 18.4 Å². The summed E-state index contributed by atoms with van der Waals surface area (Å²) >= 11 is 0. The second kappa shape index (κ2) is 5.23. The first kappa shape index (κ1) is 15.1. The minimum atomic E-state index is -3.70. The summed E-state index contributed by atoms with van der Waals surface area (Å²) in [6, 6.07) is 3.05. The highest BCUT2D eigenvalue weighted by molar-refractivity contribution is 7.89. The van der Waals surface area contributed by atoms with Crippen molar-refractivity contribution in [2.45, 2.75) is 30.2 Å². The molecule has 1 aromatic rings. The molecule has 1 fully saturated rings. The largest absolute Gasteiger partial charge is 0.493 e. The lowest BCUT2D eigenvalue weighted by Gasteiger charge is -2.17. The molecule has 0 bridgehead atoms. The second-order valence-corrected chi connectivity index (χ2v) is 6.67. The number of sulfonamides is 1. The number of rotatable bonds is 6. The van der Waals surface area contributed by atoms with Crippen molar-refractivity contribution in [1.82, 2.24) is 4.72 Å². The third-order valence-electron chi connectivity index (χ3n) is 3.48. The van der Waals surface area contributed by atoms with Gasteiger partial charge in [-0.1, -0.05) is 0 Å². The summed E-state index contributed by atoms with van der Waals surface area (Å²) in [6.45, 7) is 1.49. The van der Waals surface area contributed by atoms with Gasteiger partial charge in [0.05, 0.1) is 31.3 Å². The second-order valence-electron chi connectivity index (χ2n) is 5.02. The quantitative estimate of drug-likeness (QED) is 0.812. The fourth-order valence-corrected chi connectivity index (χ4v) is 3.73. The first-order valence-corrected chi connectivity index (χ1v) is 7.73. The topological polar surface area (TPSA) is 84.9 Å². The molecule has 1 aliphatic carbocycles. The molecule has 1 aliphatic rings. The molecular weight excluding hydrogens is 282 g/mol. The Morgan fingerprint density at radius 3 is 2.25 bits per heavy atom. The van der Waals surface area contributed by atoms with Crippen molar-refractivity contribution in [3.05, 3.63) is 17.7 Å². The minimum absolute atomic E-state index is 0.134. The van der Waals surface area contributed by atoms with Crippen molar-refractivity contribution in [3.8, 4) is 11.5 Å². The monoisotopic (exact) mass is 301 g/mol. The molecule has 0 aliphatic heterocycles. The van der Waals surface area contributed by atoms with Crippen LogP contribution < -0.4 is 14.2 Å². The van der Waals surface area contributed by atoms with Crippen LogP contribution in [-0.4, -0.2) is 39.9 Å². The van der Waals surface area contributed by atoms with Crippen LogP contribution in [0.15, 0.2) is 17.0 Å². The highest BCUT2D eigenvalue weighted by atomic mass is 32.2. The number of aryl methyl sites for hydroxylation is 1. The van der Waals surface area contributed by atoms with Gasteiger partial charge >= 0.3 is 0 Å². The molecule has 2 N–H and O–H groups in total. The van der Waals surface area contributed by atoms with Crippen LogP contribution in [0, 0.1) is 6.92 Å². The van der Waals surface area contributed by atoms with E-state index in [-0.39, 0.29) is 11.5 Å². The van der Waals surface area contributed by atoms with E-state index in [4.69, 9.17) is 9.47 Å². The fraction of sp³-hybridized carbons (Fsp3) is 0.538. The van der Waals surface area contributed by atoms with E-state index in [0.29, 0.717) is 29.9 Å². The normalized spacial score (nSPS) is 16.8. The van der Waals surface area contributed by atoms with Gasteiger partial charge in [0.15, 0.2) is 11.5 Å². The predicted octanol–water partition coefficient (Wildman–Crippen LogP) is 0.815. The average molecular weight is 301 g/mol. The molecule has 7 heteroatoms. The molecule has 0 amide bonds. The molecule has 0 atom stereocenters. The van der Waals surface area contributed by atoms with Crippen molar-refractivity contribution in [1.29, 1.82) is 0 Å². The molecule has 0 saturated heterocycles. The van der Waals surface area contributed by atoms with E-state index in [0.717, 1.165) is 0 Å². The summed E-state index contributed by atoms with van der Waals surface area (Å²) < 4.78 is 37.7. The zero-order chi connectivity index (χ0) is 15.0. The summed E-state index contributed by atoms with van der Waals surface area (Å²) in [6.07, 6.45) is 1.30. The minimum Gasteiger partial charge on any atom is -0.493 e. The average Bonchev–Trinajstić information content (AvgIpc) is 3.17. The fourth-order valence-electron chi connectivity index (χ4n) is 2.03. The molecule has 20 heavy (non-hydrogen) atoms. The summed E-state index contributed by atoms with van der Waals surface area (Å²) in [4.78, 5) is 0.134. The lowest BCUT2D eigenvalue weighted by molar-refractivity contribution is 0.246. The van der Waals surface area contributed by atoms with Crippen molar-refractivity contribution >= 4 is 10.0 Å². The number of methoxy groups -OCH3 is 2. The van der Waals surface area contributed by atoms with Crippen LogP contribution in [0.4, 0.5) is 0 Å². The van der Waals surface area contributed by atoms with Gasteiger partial charge < -0.3 is 14.6 Å². The maximum absolute atomic E-state index is 12.4. The first-order chi connectivity index (χ1) is 9.37. The van der Waals surface area contributed by atoms with Gasteiger partial charge in [-0.2, -0.15) is 0 Å². The van der Waals surface area contributed by atoms with Gasteiger partial charge in [0.1, 0.15) is 0 Å². The maximum Gasteiger partial charge on any atom is 0.241 e. The Labute approximate surface area is 118 Å². The van der Waals surface area contributed by atoms with Crippen molar-refractivity contribution in [2.24, 2.45) is 0 Å². The lowest BCUT2D eigenvalue weighted by Crippen LogP contribution is -2.39. The molecule has 0 radical (unpaired) electrons. The Hall–Kier alpha value is -1.31. The zero-order valence-corrected chi connectivity index (χ0v) is 12.6. The van der Waals surface area contributed by atoms with Crippen molar-refractivity contribution < 1.29 is 23.0 Å². The molecule has 112 valence electrons. The molecule has 2 rings (SSSR count). The van der Waals surface area contributed by atoms with E-state index >= 15 is 0 Å². The van der Waals surface area contributed by atoms with Crippen LogP contribution in [0.5, 0.6) is 11.5 Å². The van der Waals surface area contributed by atoms with E-state index in [1.54, 1.807) is 13.0 Å². The Bertz CT molecular complexity index is 607. The van der Waals surface area contributed by atoms with E-state index < -0.39 is 15.6 Å². The standard InChI is InChI=1S/C13H19NO5S/c1-9-6-10(18-2)11(19-3)7-12(9)20(16,17)14-13(8-15)4-5-13/h6-7,14-15H,4-5,8H2,1-3H3. The van der Waals surface area contributed by atoms with Gasteiger partial charge in [-0.25, -0.2) is 13.1 Å². The van der Waals surface area contributed by atoms with Crippen LogP contribution in [0.25, 0.3) is 0 Å². The third kappa shape index (κ3) is 2.74. The van der Waals surface area contributed by atoms with Gasteiger partial charge in [-0.05, 0) is 31.4 Å². The van der Waals surface area contributed by atoms with Crippen LogP contribution in [0.3, 0.4) is 0 Å². The van der Waals surface area contributed by atoms with Crippen molar-refractivity contribution in [3.63, 3.8) is 0 Å². The summed E-state index contributed by atoms with van der Waals surface area (Å²) in [7, 11) is -0.755. The zero-order valence-electron chi connectivity index (χ0n) is 11.8. The Kier molecular flexibility index (Phi) is 3.95. The predicted molar refractivity (Wildman–Crippen MR) is 73.7 cm³/mol. The Morgan fingerprint density at radius 1 is 1.25 bits per heavy atom. The van der Waals surface area contributed by atoms with Gasteiger partial charge in [-0.3, -0.25) is 0 Å². The smallest absolute Gasteiger partial charge is 0.241 e. The molecule has 1 saturated carbocycles. The lowest BCUT2D eigenvalue weighted by atomic mass is 10.2. The van der Waals surface area contributed by atoms with Gasteiger partial charge in [0, 0.05) is 6.07 Å². The van der Waals surface area contributed by atoms with Crippen LogP contribution in [0.2, 0.25) is 0 Å². The maximum atomic E-state index is 12.4. The summed E-state index contributed by atoms with van der Waals surface area (Å²) in [5, 5.41) is 9.25. The highest BCUT2D eigenvalue weighted by Gasteiger charge is 2.45. The number of hydrogen-bond acceptors (Lipinski definition) is 5. The van der Waals surface area contributed by atoms with Crippen molar-refractivity contribution in [2.75, 3.05) is 20.8 Å². The molecule has 0 aromatic heterocycles. The molecule has 0 spiro atoms. The van der Waals surface area contributed by atoms with Crippen LogP contribution >= 0.6 is 0 Å². The highest BCUT2D eigenvalue weighted by Crippen LogP contribution is 2.38. The number of benzene rings is 1. The molecular formula is C13H19NO5S. The van der Waals surface area contributed by atoms with Gasteiger partial charge in [0.25, 0.3) is 0 Å². The van der Waals surface area contributed by atoms with E-state index in [9.17, 15) is 13.5 Å². The number of ether oxygens (including phenoxy) is 2. The summed E-state index contributed by atoms with van der Waals surface area (Å²) in [5.41, 5.74) is -0.137. The third-order valence-corrected chi connectivity index (χ3v) is 5.20. The summed E-state index contributed by atoms with van der Waals surface area (Å²) in [5.74, 6) is 0.833. The molecule has 1 aromatic carbocycles. The molecule has 6 nitrogen and oxygen atoms in total. The van der Waals surface area contributed by atoms with Crippen LogP contribution in [-0.2, 0) is 10.0 Å². The van der Waals surface area contributed by atoms with E-state index in [1.807, 2.05) is 0 Å². The Morgan fingerprint density at radius 2 is 1.80 bits per heavy atom. The van der Waals surface area contributed by atoms with Gasteiger partial charge in [0.2, 0.25) is 10.0 Å². The first-order valence-electron chi connectivity index (χ1n) is 6.25. The Balaban J connectivity index is 2.41. The number of aliphatic hydroxyl groups is 1.